The van der Waals surface area contributed by atoms with E-state index in [-0.39, 0.29) is 24.9 Å². The molecule has 0 spiro atoms. The summed E-state index contributed by atoms with van der Waals surface area (Å²) >= 11 is 0. The van der Waals surface area contributed by atoms with E-state index in [0.29, 0.717) is 18.5 Å². The van der Waals surface area contributed by atoms with Gasteiger partial charge in [-0.15, -0.1) is 12.4 Å². The van der Waals surface area contributed by atoms with Crippen LogP contribution in [0.5, 0.6) is 0 Å². The maximum absolute atomic E-state index is 12.7. The van der Waals surface area contributed by atoms with Crippen LogP contribution in [0, 0.1) is 0 Å². The number of carbonyl (C=O) groups excluding carboxylic acids is 1. The number of hydrogen-bond acceptors (Lipinski definition) is 2. The first-order valence-corrected chi connectivity index (χ1v) is 6.76. The Bertz CT molecular complexity index is 490. The predicted octanol–water partition coefficient (Wildman–Crippen LogP) is 3.13. The second-order valence-electron chi connectivity index (χ2n) is 5.59. The first-order valence-electron chi connectivity index (χ1n) is 6.76. The van der Waals surface area contributed by atoms with Gasteiger partial charge in [0.15, 0.2) is 0 Å². The van der Waals surface area contributed by atoms with Crippen molar-refractivity contribution >= 4 is 18.3 Å². The minimum atomic E-state index is -4.36. The van der Waals surface area contributed by atoms with Crippen LogP contribution >= 0.6 is 12.4 Å². The maximum atomic E-state index is 12.7. The standard InChI is InChI=1S/C15H21F3N2O.ClH/c1-14(2,10-20-13(21)7-8-19-3)11-5-4-6-12(9-11)15(16,17)18;/h4-6,9,19H,7-8,10H2,1-3H3,(H,20,21);1H. The number of carbonyl (C=O) groups is 1. The van der Waals surface area contributed by atoms with Gasteiger partial charge in [0.05, 0.1) is 5.56 Å². The fraction of sp³-hybridized carbons (Fsp3) is 0.533. The van der Waals surface area contributed by atoms with Gasteiger partial charge in [-0.25, -0.2) is 0 Å². The summed E-state index contributed by atoms with van der Waals surface area (Å²) in [5.74, 6) is -0.121. The number of halogens is 4. The second-order valence-corrected chi connectivity index (χ2v) is 5.59. The molecule has 0 saturated carbocycles. The van der Waals surface area contributed by atoms with Gasteiger partial charge in [0, 0.05) is 24.9 Å². The third-order valence-electron chi connectivity index (χ3n) is 3.30. The summed E-state index contributed by atoms with van der Waals surface area (Å²) in [6.45, 7) is 4.47. The highest BCUT2D eigenvalue weighted by molar-refractivity contribution is 5.85. The minimum Gasteiger partial charge on any atom is -0.355 e. The number of amides is 1. The first-order chi connectivity index (χ1) is 9.66. The van der Waals surface area contributed by atoms with Crippen molar-refractivity contribution in [2.45, 2.75) is 31.9 Å². The monoisotopic (exact) mass is 338 g/mol. The lowest BCUT2D eigenvalue weighted by molar-refractivity contribution is -0.137. The van der Waals surface area contributed by atoms with Crippen molar-refractivity contribution in [3.05, 3.63) is 35.4 Å². The van der Waals surface area contributed by atoms with Crippen LogP contribution in [-0.4, -0.2) is 26.0 Å². The molecule has 0 aliphatic carbocycles. The summed E-state index contributed by atoms with van der Waals surface area (Å²) in [5, 5.41) is 5.62. The lowest BCUT2D eigenvalue weighted by Crippen LogP contribution is -2.37. The lowest BCUT2D eigenvalue weighted by Gasteiger charge is -2.26. The highest BCUT2D eigenvalue weighted by Crippen LogP contribution is 2.32. The normalized spacial score (nSPS) is 11.7. The van der Waals surface area contributed by atoms with Gasteiger partial charge in [0.2, 0.25) is 5.91 Å². The molecular weight excluding hydrogens is 317 g/mol. The van der Waals surface area contributed by atoms with E-state index in [9.17, 15) is 18.0 Å². The van der Waals surface area contributed by atoms with Crippen molar-refractivity contribution in [3.63, 3.8) is 0 Å². The average Bonchev–Trinajstić information content (AvgIpc) is 2.42. The molecule has 2 N–H and O–H groups in total. The fourth-order valence-corrected chi connectivity index (χ4v) is 1.87. The lowest BCUT2D eigenvalue weighted by atomic mass is 9.83. The fourth-order valence-electron chi connectivity index (χ4n) is 1.87. The smallest absolute Gasteiger partial charge is 0.355 e. The van der Waals surface area contributed by atoms with E-state index < -0.39 is 17.2 Å². The van der Waals surface area contributed by atoms with E-state index in [0.717, 1.165) is 12.1 Å². The van der Waals surface area contributed by atoms with E-state index >= 15 is 0 Å². The largest absolute Gasteiger partial charge is 0.416 e. The van der Waals surface area contributed by atoms with Crippen molar-refractivity contribution in [2.75, 3.05) is 20.1 Å². The molecule has 0 heterocycles. The van der Waals surface area contributed by atoms with Crippen LogP contribution < -0.4 is 10.6 Å². The summed E-state index contributed by atoms with van der Waals surface area (Å²) in [7, 11) is 1.75. The molecule has 3 nitrogen and oxygen atoms in total. The zero-order valence-corrected chi connectivity index (χ0v) is 13.7. The van der Waals surface area contributed by atoms with E-state index in [4.69, 9.17) is 0 Å². The molecule has 0 unspecified atom stereocenters. The molecule has 0 atom stereocenters. The van der Waals surface area contributed by atoms with Crippen LogP contribution in [0.1, 0.15) is 31.4 Å². The summed E-state index contributed by atoms with van der Waals surface area (Å²) in [4.78, 5) is 11.6. The molecule has 1 aromatic rings. The molecule has 0 aromatic heterocycles. The van der Waals surface area contributed by atoms with Gasteiger partial charge in [0.1, 0.15) is 0 Å². The molecule has 0 aliphatic heterocycles. The molecule has 0 aliphatic rings. The van der Waals surface area contributed by atoms with Gasteiger partial charge in [-0.2, -0.15) is 13.2 Å². The Kier molecular flexibility index (Phi) is 7.90. The van der Waals surface area contributed by atoms with Gasteiger partial charge in [-0.3, -0.25) is 4.79 Å². The topological polar surface area (TPSA) is 41.1 Å². The quantitative estimate of drug-likeness (QED) is 0.836. The van der Waals surface area contributed by atoms with Crippen LogP contribution in [0.2, 0.25) is 0 Å². The number of alkyl halides is 3. The molecule has 0 radical (unpaired) electrons. The summed E-state index contributed by atoms with van der Waals surface area (Å²) in [6, 6.07) is 5.22. The first kappa shape index (κ1) is 20.7. The van der Waals surface area contributed by atoms with Crippen molar-refractivity contribution in [3.8, 4) is 0 Å². The van der Waals surface area contributed by atoms with Gasteiger partial charge in [0.25, 0.3) is 0 Å². The highest BCUT2D eigenvalue weighted by atomic mass is 35.5. The minimum absolute atomic E-state index is 0. The van der Waals surface area contributed by atoms with E-state index in [1.54, 1.807) is 27.0 Å². The molecule has 0 saturated heterocycles. The Morgan fingerprint density at radius 3 is 2.32 bits per heavy atom. The predicted molar refractivity (Wildman–Crippen MR) is 83.3 cm³/mol. The van der Waals surface area contributed by atoms with Crippen LogP contribution in [0.25, 0.3) is 0 Å². The molecule has 126 valence electrons. The Hall–Kier alpha value is -1.27. The SMILES string of the molecule is CNCCC(=O)NCC(C)(C)c1cccc(C(F)(F)F)c1.Cl. The molecule has 1 amide bonds. The molecular formula is C15H22ClF3N2O. The van der Waals surface area contributed by atoms with Crippen molar-refractivity contribution in [1.29, 1.82) is 0 Å². The molecule has 22 heavy (non-hydrogen) atoms. The third kappa shape index (κ3) is 6.23. The Labute approximate surface area is 135 Å². The van der Waals surface area contributed by atoms with Crippen LogP contribution in [-0.2, 0) is 16.4 Å². The maximum Gasteiger partial charge on any atom is 0.416 e. The van der Waals surface area contributed by atoms with Crippen LogP contribution in [0.4, 0.5) is 13.2 Å². The van der Waals surface area contributed by atoms with Crippen molar-refractivity contribution in [1.82, 2.24) is 10.6 Å². The average molecular weight is 339 g/mol. The molecule has 0 fully saturated rings. The number of nitrogens with one attached hydrogen (secondary N) is 2. The summed E-state index contributed by atoms with van der Waals surface area (Å²) in [5.41, 5.74) is -0.697. The van der Waals surface area contributed by atoms with E-state index in [1.165, 1.54) is 6.07 Å². The highest BCUT2D eigenvalue weighted by Gasteiger charge is 2.32. The van der Waals surface area contributed by atoms with Crippen molar-refractivity contribution in [2.24, 2.45) is 0 Å². The van der Waals surface area contributed by atoms with Gasteiger partial charge >= 0.3 is 6.18 Å². The zero-order valence-electron chi connectivity index (χ0n) is 12.9. The second kappa shape index (κ2) is 8.39. The van der Waals surface area contributed by atoms with Crippen LogP contribution in [0.15, 0.2) is 24.3 Å². The molecule has 7 heteroatoms. The Morgan fingerprint density at radius 1 is 1.18 bits per heavy atom. The van der Waals surface area contributed by atoms with Gasteiger partial charge in [-0.1, -0.05) is 32.0 Å². The summed E-state index contributed by atoms with van der Waals surface area (Å²) < 4.78 is 38.2. The third-order valence-corrected chi connectivity index (χ3v) is 3.30. The van der Waals surface area contributed by atoms with E-state index in [2.05, 4.69) is 10.6 Å². The van der Waals surface area contributed by atoms with Gasteiger partial charge < -0.3 is 10.6 Å². The van der Waals surface area contributed by atoms with Crippen LogP contribution in [0.3, 0.4) is 0 Å². The Balaban J connectivity index is 0.00000441. The van der Waals surface area contributed by atoms with Crippen molar-refractivity contribution < 1.29 is 18.0 Å². The number of benzene rings is 1. The molecule has 1 rings (SSSR count). The van der Waals surface area contributed by atoms with E-state index in [1.807, 2.05) is 0 Å². The molecule has 1 aromatic carbocycles. The van der Waals surface area contributed by atoms with Gasteiger partial charge in [-0.05, 0) is 18.7 Å². The number of rotatable bonds is 6. The molecule has 0 bridgehead atoms. The summed E-state index contributed by atoms with van der Waals surface area (Å²) in [6.07, 6.45) is -4.02. The zero-order chi connectivity index (χ0) is 16.1. The Morgan fingerprint density at radius 2 is 1.77 bits per heavy atom. The number of hydrogen-bond donors (Lipinski definition) is 2.